The van der Waals surface area contributed by atoms with Gasteiger partial charge in [-0.3, -0.25) is 9.59 Å². The van der Waals surface area contributed by atoms with Crippen molar-refractivity contribution in [3.05, 3.63) is 96.1 Å². The van der Waals surface area contributed by atoms with E-state index in [0.29, 0.717) is 27.9 Å². The minimum Gasteiger partial charge on any atom is -0.411 e. The van der Waals surface area contributed by atoms with E-state index in [0.717, 1.165) is 17.3 Å². The second-order valence-electron chi connectivity index (χ2n) is 6.32. The Morgan fingerprint density at radius 1 is 0.833 bits per heavy atom. The average Bonchev–Trinajstić information content (AvgIpc) is 3.28. The molecule has 7 heteroatoms. The third-order valence-electron chi connectivity index (χ3n) is 4.24. The number of aromatic nitrogens is 2. The number of nitrogens with one attached hydrogen (secondary N) is 1. The van der Waals surface area contributed by atoms with Crippen molar-refractivity contribution in [1.82, 2.24) is 10.2 Å². The minimum absolute atomic E-state index is 0.0737. The molecule has 6 nitrogen and oxygen atoms in total. The third kappa shape index (κ3) is 4.64. The van der Waals surface area contributed by atoms with E-state index in [2.05, 4.69) is 15.5 Å². The highest BCUT2D eigenvalue weighted by atomic mass is 32.2. The fourth-order valence-corrected chi connectivity index (χ4v) is 3.38. The molecule has 0 atom stereocenters. The molecular weight excluding hydrogens is 398 g/mol. The van der Waals surface area contributed by atoms with Gasteiger partial charge in [-0.2, -0.15) is 0 Å². The van der Waals surface area contributed by atoms with Crippen LogP contribution >= 0.6 is 11.8 Å². The predicted molar refractivity (Wildman–Crippen MR) is 115 cm³/mol. The molecule has 0 spiro atoms. The first kappa shape index (κ1) is 19.6. The van der Waals surface area contributed by atoms with E-state index in [1.165, 1.54) is 0 Å². The van der Waals surface area contributed by atoms with Gasteiger partial charge in [0, 0.05) is 16.7 Å². The molecule has 1 aromatic heterocycles. The molecule has 0 radical (unpaired) electrons. The van der Waals surface area contributed by atoms with Gasteiger partial charge in [-0.25, -0.2) is 0 Å². The van der Waals surface area contributed by atoms with E-state index < -0.39 is 0 Å². The topological polar surface area (TPSA) is 85.1 Å². The first-order valence-corrected chi connectivity index (χ1v) is 10.2. The number of thioether (sulfide) groups is 1. The maximum Gasteiger partial charge on any atom is 0.277 e. The molecule has 148 valence electrons. The number of carbonyl (C=O) groups excluding carboxylic acids is 2. The molecule has 4 rings (SSSR count). The molecule has 0 saturated heterocycles. The van der Waals surface area contributed by atoms with E-state index in [-0.39, 0.29) is 17.4 Å². The molecular formula is C23H17N3O3S. The number of amides is 1. The van der Waals surface area contributed by atoms with E-state index in [9.17, 15) is 9.59 Å². The zero-order valence-electron chi connectivity index (χ0n) is 15.8. The lowest BCUT2D eigenvalue weighted by Crippen LogP contribution is -2.17. The zero-order chi connectivity index (χ0) is 20.8. The van der Waals surface area contributed by atoms with Crippen molar-refractivity contribution < 1.29 is 14.0 Å². The Balaban J connectivity index is 1.41. The highest BCUT2D eigenvalue weighted by Crippen LogP contribution is 2.24. The SMILES string of the molecule is O=C(CSc1nnc(-c2ccccc2)o1)Nc1ccccc1C(=O)c1ccccc1. The molecule has 0 aliphatic carbocycles. The normalized spacial score (nSPS) is 10.5. The number of para-hydroxylation sites is 1. The van der Waals surface area contributed by atoms with Crippen molar-refractivity contribution >= 4 is 29.1 Å². The van der Waals surface area contributed by atoms with Gasteiger partial charge in [-0.05, 0) is 24.3 Å². The van der Waals surface area contributed by atoms with Gasteiger partial charge < -0.3 is 9.73 Å². The molecule has 4 aromatic rings. The van der Waals surface area contributed by atoms with E-state index >= 15 is 0 Å². The van der Waals surface area contributed by atoms with Crippen LogP contribution < -0.4 is 5.32 Å². The highest BCUT2D eigenvalue weighted by Gasteiger charge is 2.16. The van der Waals surface area contributed by atoms with Gasteiger partial charge in [0.15, 0.2) is 5.78 Å². The maximum atomic E-state index is 12.8. The summed E-state index contributed by atoms with van der Waals surface area (Å²) in [6.07, 6.45) is 0. The number of ketones is 1. The summed E-state index contributed by atoms with van der Waals surface area (Å²) < 4.78 is 5.60. The second kappa shape index (κ2) is 9.19. The van der Waals surface area contributed by atoms with Crippen molar-refractivity contribution in [3.63, 3.8) is 0 Å². The number of rotatable bonds is 7. The summed E-state index contributed by atoms with van der Waals surface area (Å²) >= 11 is 1.14. The Morgan fingerprint density at radius 3 is 2.27 bits per heavy atom. The van der Waals surface area contributed by atoms with Crippen molar-refractivity contribution in [2.24, 2.45) is 0 Å². The van der Waals surface area contributed by atoms with Crippen LogP contribution in [0.3, 0.4) is 0 Å². The monoisotopic (exact) mass is 415 g/mol. The first-order valence-electron chi connectivity index (χ1n) is 9.21. The fourth-order valence-electron chi connectivity index (χ4n) is 2.81. The maximum absolute atomic E-state index is 12.8. The Bertz CT molecular complexity index is 1160. The molecule has 0 bridgehead atoms. The van der Waals surface area contributed by atoms with Crippen molar-refractivity contribution in [1.29, 1.82) is 0 Å². The molecule has 0 aliphatic rings. The summed E-state index contributed by atoms with van der Waals surface area (Å²) in [5, 5.41) is 11.1. The quantitative estimate of drug-likeness (QED) is 0.348. The van der Waals surface area contributed by atoms with Gasteiger partial charge in [-0.1, -0.05) is 72.4 Å². The second-order valence-corrected chi connectivity index (χ2v) is 7.24. The van der Waals surface area contributed by atoms with Gasteiger partial charge in [0.2, 0.25) is 11.8 Å². The largest absolute Gasteiger partial charge is 0.411 e. The number of carbonyl (C=O) groups is 2. The molecule has 0 aliphatic heterocycles. The number of benzene rings is 3. The number of anilines is 1. The van der Waals surface area contributed by atoms with Crippen LogP contribution in [0.4, 0.5) is 5.69 Å². The van der Waals surface area contributed by atoms with Gasteiger partial charge in [0.25, 0.3) is 5.22 Å². The minimum atomic E-state index is -0.271. The summed E-state index contributed by atoms with van der Waals surface area (Å²) in [5.74, 6) is 0.0539. The van der Waals surface area contributed by atoms with Crippen LogP contribution in [0.15, 0.2) is 94.6 Å². The smallest absolute Gasteiger partial charge is 0.277 e. The van der Waals surface area contributed by atoms with Crippen LogP contribution in [0.25, 0.3) is 11.5 Å². The van der Waals surface area contributed by atoms with Gasteiger partial charge >= 0.3 is 0 Å². The van der Waals surface area contributed by atoms with Crippen LogP contribution in [0.5, 0.6) is 0 Å². The summed E-state index contributed by atoms with van der Waals surface area (Å²) in [4.78, 5) is 25.2. The Kier molecular flexibility index (Phi) is 6.01. The van der Waals surface area contributed by atoms with Gasteiger partial charge in [0.05, 0.1) is 11.4 Å². The van der Waals surface area contributed by atoms with Crippen LogP contribution in [0, 0.1) is 0 Å². The van der Waals surface area contributed by atoms with E-state index in [1.807, 2.05) is 36.4 Å². The Hall–Kier alpha value is -3.71. The molecule has 1 amide bonds. The van der Waals surface area contributed by atoms with E-state index in [1.54, 1.807) is 48.5 Å². The highest BCUT2D eigenvalue weighted by molar-refractivity contribution is 7.99. The first-order chi connectivity index (χ1) is 14.7. The van der Waals surface area contributed by atoms with Gasteiger partial charge in [0.1, 0.15) is 0 Å². The summed E-state index contributed by atoms with van der Waals surface area (Å²) in [6, 6.07) is 25.3. The molecule has 30 heavy (non-hydrogen) atoms. The lowest BCUT2D eigenvalue weighted by molar-refractivity contribution is -0.113. The fraction of sp³-hybridized carbons (Fsp3) is 0.0435. The molecule has 0 fully saturated rings. The molecule has 3 aromatic carbocycles. The number of nitrogens with zero attached hydrogens (tertiary/aromatic N) is 2. The molecule has 0 unspecified atom stereocenters. The van der Waals surface area contributed by atoms with Crippen molar-refractivity contribution in [2.75, 3.05) is 11.1 Å². The van der Waals surface area contributed by atoms with Crippen LogP contribution in [0.2, 0.25) is 0 Å². The number of hydrogen-bond acceptors (Lipinski definition) is 6. The van der Waals surface area contributed by atoms with Crippen LogP contribution in [-0.4, -0.2) is 27.6 Å². The van der Waals surface area contributed by atoms with Crippen molar-refractivity contribution in [2.45, 2.75) is 5.22 Å². The average molecular weight is 415 g/mol. The van der Waals surface area contributed by atoms with Crippen LogP contribution in [-0.2, 0) is 4.79 Å². The van der Waals surface area contributed by atoms with E-state index in [4.69, 9.17) is 4.42 Å². The third-order valence-corrected chi connectivity index (χ3v) is 5.05. The lowest BCUT2D eigenvalue weighted by Gasteiger charge is -2.10. The number of hydrogen-bond donors (Lipinski definition) is 1. The summed E-state index contributed by atoms with van der Waals surface area (Å²) in [6.45, 7) is 0. The Morgan fingerprint density at radius 2 is 1.50 bits per heavy atom. The lowest BCUT2D eigenvalue weighted by atomic mass is 10.0. The standard InChI is InChI=1S/C23H17N3O3S/c27-20(15-30-23-26-25-22(29-23)17-11-5-2-6-12-17)24-19-14-8-7-13-18(19)21(28)16-9-3-1-4-10-16/h1-14H,15H2,(H,24,27). The summed E-state index contributed by atoms with van der Waals surface area (Å²) in [7, 11) is 0. The van der Waals surface area contributed by atoms with Crippen LogP contribution in [0.1, 0.15) is 15.9 Å². The van der Waals surface area contributed by atoms with Crippen molar-refractivity contribution in [3.8, 4) is 11.5 Å². The summed E-state index contributed by atoms with van der Waals surface area (Å²) in [5.41, 5.74) is 2.28. The molecule has 1 heterocycles. The zero-order valence-corrected chi connectivity index (χ0v) is 16.6. The Labute approximate surface area is 177 Å². The predicted octanol–water partition coefficient (Wildman–Crippen LogP) is 4.70. The van der Waals surface area contributed by atoms with Gasteiger partial charge in [-0.15, -0.1) is 10.2 Å². The molecule has 0 saturated carbocycles. The molecule has 1 N–H and O–H groups in total.